The van der Waals surface area contributed by atoms with E-state index in [9.17, 15) is 4.79 Å². The molecule has 0 aliphatic rings. The number of carbonyl (C=O) groups is 1. The van der Waals surface area contributed by atoms with Crippen LogP contribution in [0.5, 0.6) is 5.75 Å². The summed E-state index contributed by atoms with van der Waals surface area (Å²) in [6.07, 6.45) is 0. The second-order valence-electron chi connectivity index (χ2n) is 5.00. The molecule has 100 valence electrons. The molecule has 0 heterocycles. The fourth-order valence-corrected chi connectivity index (χ4v) is 1.68. The zero-order valence-corrected chi connectivity index (χ0v) is 11.9. The molecule has 1 amide bonds. The Morgan fingerprint density at radius 1 is 1.39 bits per heavy atom. The van der Waals surface area contributed by atoms with Crippen molar-refractivity contribution in [3.05, 3.63) is 23.2 Å². The molecule has 1 aromatic carbocycles. The van der Waals surface area contributed by atoms with Crippen LogP contribution in [0.3, 0.4) is 0 Å². The Hall–Kier alpha value is -1.42. The summed E-state index contributed by atoms with van der Waals surface area (Å²) in [7, 11) is 1.56. The van der Waals surface area contributed by atoms with E-state index in [0.29, 0.717) is 10.8 Å². The van der Waals surface area contributed by atoms with E-state index in [-0.39, 0.29) is 18.0 Å². The minimum atomic E-state index is -0.226. The molecule has 0 aliphatic carbocycles. The topological polar surface area (TPSA) is 50.4 Å². The molecule has 0 radical (unpaired) electrons. The van der Waals surface area contributed by atoms with Crippen molar-refractivity contribution in [1.29, 1.82) is 0 Å². The number of hydrogen-bond acceptors (Lipinski definition) is 3. The van der Waals surface area contributed by atoms with E-state index in [1.165, 1.54) is 0 Å². The third kappa shape index (κ3) is 4.84. The van der Waals surface area contributed by atoms with E-state index >= 15 is 0 Å². The third-order valence-electron chi connectivity index (χ3n) is 2.12. The van der Waals surface area contributed by atoms with Crippen molar-refractivity contribution in [2.75, 3.05) is 19.0 Å². The van der Waals surface area contributed by atoms with Gasteiger partial charge in [0.25, 0.3) is 0 Å². The number of benzene rings is 1. The number of carbonyl (C=O) groups excluding carboxylic acids is 1. The van der Waals surface area contributed by atoms with Crippen LogP contribution in [0.15, 0.2) is 18.2 Å². The molecular formula is C13H19ClN2O2. The maximum absolute atomic E-state index is 11.6. The lowest BCUT2D eigenvalue weighted by atomic mass is 10.1. The lowest BCUT2D eigenvalue weighted by Gasteiger charge is -2.20. The first-order valence-corrected chi connectivity index (χ1v) is 6.08. The first-order chi connectivity index (χ1) is 8.31. The molecule has 18 heavy (non-hydrogen) atoms. The molecule has 0 saturated carbocycles. The molecule has 0 unspecified atom stereocenters. The van der Waals surface area contributed by atoms with Gasteiger partial charge in [0.15, 0.2) is 0 Å². The average Bonchev–Trinajstić information content (AvgIpc) is 2.24. The molecule has 1 rings (SSSR count). The summed E-state index contributed by atoms with van der Waals surface area (Å²) in [6, 6.07) is 5.30. The minimum absolute atomic E-state index is 0.0607. The summed E-state index contributed by atoms with van der Waals surface area (Å²) in [4.78, 5) is 11.6. The second-order valence-corrected chi connectivity index (χ2v) is 5.41. The van der Waals surface area contributed by atoms with E-state index < -0.39 is 0 Å². The fraction of sp³-hybridized carbons (Fsp3) is 0.462. The number of anilines is 1. The summed E-state index contributed by atoms with van der Waals surface area (Å²) in [6.45, 7) is 6.03. The molecule has 0 saturated heterocycles. The van der Waals surface area contributed by atoms with Crippen LogP contribution in [-0.4, -0.2) is 25.1 Å². The van der Waals surface area contributed by atoms with Gasteiger partial charge < -0.3 is 15.4 Å². The Kier molecular flexibility index (Phi) is 4.84. The highest BCUT2D eigenvalue weighted by Gasteiger charge is 2.13. The monoisotopic (exact) mass is 270 g/mol. The van der Waals surface area contributed by atoms with Crippen molar-refractivity contribution < 1.29 is 9.53 Å². The highest BCUT2D eigenvalue weighted by Crippen LogP contribution is 2.26. The van der Waals surface area contributed by atoms with Gasteiger partial charge in [-0.05, 0) is 39.0 Å². The summed E-state index contributed by atoms with van der Waals surface area (Å²) in [5, 5.41) is 6.39. The SMILES string of the molecule is COc1ccc(NCC(=O)NC(C)(C)C)cc1Cl. The largest absolute Gasteiger partial charge is 0.495 e. The van der Waals surface area contributed by atoms with Gasteiger partial charge in [0.1, 0.15) is 5.75 Å². The molecule has 5 heteroatoms. The van der Waals surface area contributed by atoms with Crippen molar-refractivity contribution in [3.8, 4) is 5.75 Å². The van der Waals surface area contributed by atoms with E-state index in [4.69, 9.17) is 16.3 Å². The predicted octanol–water partition coefficient (Wildman–Crippen LogP) is 2.68. The quantitative estimate of drug-likeness (QED) is 0.884. The number of halogens is 1. The molecule has 0 bridgehead atoms. The number of methoxy groups -OCH3 is 1. The van der Waals surface area contributed by atoms with E-state index in [2.05, 4.69) is 10.6 Å². The Morgan fingerprint density at radius 3 is 2.56 bits per heavy atom. The molecule has 0 atom stereocenters. The van der Waals surface area contributed by atoms with Crippen molar-refractivity contribution in [1.82, 2.24) is 5.32 Å². The molecule has 2 N–H and O–H groups in total. The van der Waals surface area contributed by atoms with Crippen LogP contribution in [0.4, 0.5) is 5.69 Å². The molecule has 1 aromatic rings. The van der Waals surface area contributed by atoms with Gasteiger partial charge in [-0.25, -0.2) is 0 Å². The number of hydrogen-bond donors (Lipinski definition) is 2. The van der Waals surface area contributed by atoms with Crippen LogP contribution in [0.25, 0.3) is 0 Å². The van der Waals surface area contributed by atoms with E-state index in [0.717, 1.165) is 5.69 Å². The second kappa shape index (κ2) is 5.96. The number of amides is 1. The van der Waals surface area contributed by atoms with Crippen LogP contribution < -0.4 is 15.4 Å². The predicted molar refractivity (Wildman–Crippen MR) is 74.4 cm³/mol. The average molecular weight is 271 g/mol. The Bertz CT molecular complexity index is 427. The molecule has 0 fully saturated rings. The summed E-state index contributed by atoms with van der Waals surface area (Å²) in [5.74, 6) is 0.552. The standard InChI is InChI=1S/C13H19ClN2O2/c1-13(2,3)16-12(17)8-15-9-5-6-11(18-4)10(14)7-9/h5-7,15H,8H2,1-4H3,(H,16,17). The zero-order valence-electron chi connectivity index (χ0n) is 11.1. The van der Waals surface area contributed by atoms with Gasteiger partial charge in [-0.15, -0.1) is 0 Å². The van der Waals surface area contributed by atoms with Crippen molar-refractivity contribution in [2.24, 2.45) is 0 Å². The van der Waals surface area contributed by atoms with Crippen LogP contribution in [0, 0.1) is 0 Å². The summed E-state index contributed by atoms with van der Waals surface area (Å²) >= 11 is 5.99. The van der Waals surface area contributed by atoms with Gasteiger partial charge in [-0.1, -0.05) is 11.6 Å². The number of nitrogens with one attached hydrogen (secondary N) is 2. The maximum atomic E-state index is 11.6. The molecule has 0 aliphatic heterocycles. The number of ether oxygens (including phenoxy) is 1. The normalized spacial score (nSPS) is 10.9. The lowest BCUT2D eigenvalue weighted by Crippen LogP contribution is -2.43. The minimum Gasteiger partial charge on any atom is -0.495 e. The molecule has 4 nitrogen and oxygen atoms in total. The van der Waals surface area contributed by atoms with E-state index in [1.54, 1.807) is 19.2 Å². The van der Waals surface area contributed by atoms with Crippen molar-refractivity contribution in [2.45, 2.75) is 26.3 Å². The molecule has 0 aromatic heterocycles. The van der Waals surface area contributed by atoms with Crippen LogP contribution in [0.1, 0.15) is 20.8 Å². The first kappa shape index (κ1) is 14.6. The molecule has 0 spiro atoms. The van der Waals surface area contributed by atoms with Gasteiger partial charge in [0, 0.05) is 11.2 Å². The Labute approximate surface area is 113 Å². The zero-order chi connectivity index (χ0) is 13.8. The van der Waals surface area contributed by atoms with E-state index in [1.807, 2.05) is 26.8 Å². The van der Waals surface area contributed by atoms with Crippen molar-refractivity contribution >= 4 is 23.2 Å². The fourth-order valence-electron chi connectivity index (χ4n) is 1.42. The highest BCUT2D eigenvalue weighted by molar-refractivity contribution is 6.32. The van der Waals surface area contributed by atoms with Crippen LogP contribution >= 0.6 is 11.6 Å². The Morgan fingerprint density at radius 2 is 2.06 bits per heavy atom. The molecular weight excluding hydrogens is 252 g/mol. The third-order valence-corrected chi connectivity index (χ3v) is 2.41. The van der Waals surface area contributed by atoms with Crippen molar-refractivity contribution in [3.63, 3.8) is 0 Å². The highest BCUT2D eigenvalue weighted by atomic mass is 35.5. The number of rotatable bonds is 4. The van der Waals surface area contributed by atoms with Gasteiger partial charge >= 0.3 is 0 Å². The summed E-state index contributed by atoms with van der Waals surface area (Å²) in [5.41, 5.74) is 0.556. The van der Waals surface area contributed by atoms with Gasteiger partial charge in [-0.3, -0.25) is 4.79 Å². The maximum Gasteiger partial charge on any atom is 0.239 e. The van der Waals surface area contributed by atoms with Gasteiger partial charge in [-0.2, -0.15) is 0 Å². The van der Waals surface area contributed by atoms with Gasteiger partial charge in [0.05, 0.1) is 18.7 Å². The Balaban J connectivity index is 2.54. The van der Waals surface area contributed by atoms with Crippen LogP contribution in [0.2, 0.25) is 5.02 Å². The van der Waals surface area contributed by atoms with Crippen LogP contribution in [-0.2, 0) is 4.79 Å². The lowest BCUT2D eigenvalue weighted by molar-refractivity contribution is -0.120. The first-order valence-electron chi connectivity index (χ1n) is 5.70. The summed E-state index contributed by atoms with van der Waals surface area (Å²) < 4.78 is 5.05. The van der Waals surface area contributed by atoms with Gasteiger partial charge in [0.2, 0.25) is 5.91 Å². The smallest absolute Gasteiger partial charge is 0.239 e.